The molecule has 94 valence electrons. The van der Waals surface area contributed by atoms with Crippen molar-refractivity contribution in [1.29, 1.82) is 0 Å². The summed E-state index contributed by atoms with van der Waals surface area (Å²) in [6.07, 6.45) is 0. The molecule has 7 nitrogen and oxygen atoms in total. The first kappa shape index (κ1) is 13.4. The van der Waals surface area contributed by atoms with Crippen molar-refractivity contribution in [3.05, 3.63) is 5.28 Å². The summed E-state index contributed by atoms with van der Waals surface area (Å²) >= 11 is 5.67. The zero-order valence-electron chi connectivity index (χ0n) is 9.82. The minimum Gasteiger partial charge on any atom is -0.467 e. The summed E-state index contributed by atoms with van der Waals surface area (Å²) in [5, 5.41) is 5.48. The zero-order valence-corrected chi connectivity index (χ0v) is 10.6. The highest BCUT2D eigenvalue weighted by atomic mass is 35.5. The minimum absolute atomic E-state index is 0.00227. The summed E-state index contributed by atoms with van der Waals surface area (Å²) in [6.45, 7) is 4.09. The lowest BCUT2D eigenvalue weighted by Gasteiger charge is -2.13. The van der Waals surface area contributed by atoms with E-state index < -0.39 is 6.04 Å². The summed E-state index contributed by atoms with van der Waals surface area (Å²) < 4.78 is 4.84. The molecule has 0 aliphatic carbocycles. The van der Waals surface area contributed by atoms with Crippen LogP contribution < -0.4 is 15.4 Å². The summed E-state index contributed by atoms with van der Waals surface area (Å²) in [5.41, 5.74) is 0. The maximum Gasteiger partial charge on any atom is 0.322 e. The molecule has 1 heterocycles. The van der Waals surface area contributed by atoms with Crippen molar-refractivity contribution in [3.63, 3.8) is 0 Å². The van der Waals surface area contributed by atoms with Gasteiger partial charge in [0, 0.05) is 6.54 Å². The van der Waals surface area contributed by atoms with Gasteiger partial charge in [-0.15, -0.1) is 0 Å². The number of likely N-dealkylation sites (N-methyl/N-ethyl adjacent to an activating group) is 1. The molecule has 8 heteroatoms. The average Bonchev–Trinajstić information content (AvgIpc) is 2.28. The molecule has 1 aromatic rings. The molecule has 17 heavy (non-hydrogen) atoms. The third-order valence-corrected chi connectivity index (χ3v) is 2.03. The van der Waals surface area contributed by atoms with Gasteiger partial charge in [-0.2, -0.15) is 15.0 Å². The second-order valence-corrected chi connectivity index (χ2v) is 3.51. The first-order valence-corrected chi connectivity index (χ1v) is 5.44. The van der Waals surface area contributed by atoms with Gasteiger partial charge in [-0.05, 0) is 25.4 Å². The molecule has 0 radical (unpaired) electrons. The largest absolute Gasteiger partial charge is 0.467 e. The van der Waals surface area contributed by atoms with E-state index in [0.717, 1.165) is 0 Å². The molecule has 0 aliphatic heterocycles. The molecule has 0 bridgehead atoms. The van der Waals surface area contributed by atoms with E-state index in [1.807, 2.05) is 6.92 Å². The van der Waals surface area contributed by atoms with E-state index in [4.69, 9.17) is 16.3 Å². The van der Waals surface area contributed by atoms with Crippen LogP contribution in [0.4, 0.5) is 5.95 Å². The Kier molecular flexibility index (Phi) is 4.89. The second-order valence-electron chi connectivity index (χ2n) is 3.18. The van der Waals surface area contributed by atoms with Gasteiger partial charge in [0.15, 0.2) is 0 Å². The third-order valence-electron chi connectivity index (χ3n) is 1.86. The zero-order chi connectivity index (χ0) is 12.8. The van der Waals surface area contributed by atoms with Gasteiger partial charge in [0.25, 0.3) is 0 Å². The lowest BCUT2D eigenvalue weighted by Crippen LogP contribution is -2.37. The number of nitrogens with zero attached hydrogens (tertiary/aromatic N) is 3. The van der Waals surface area contributed by atoms with Crippen molar-refractivity contribution in [2.45, 2.75) is 19.9 Å². The SMILES string of the molecule is CCNC(=O)C(C)Nc1nc(Cl)nc(OC)n1. The predicted octanol–water partition coefficient (Wildman–Crippen LogP) is 0.470. The molecule has 0 aromatic carbocycles. The molecule has 2 N–H and O–H groups in total. The van der Waals surface area contributed by atoms with Crippen molar-refractivity contribution in [2.75, 3.05) is 19.0 Å². The van der Waals surface area contributed by atoms with Crippen LogP contribution in [-0.4, -0.2) is 40.6 Å². The summed E-state index contributed by atoms with van der Waals surface area (Å²) in [7, 11) is 1.42. The fourth-order valence-electron chi connectivity index (χ4n) is 1.07. The highest BCUT2D eigenvalue weighted by Gasteiger charge is 2.14. The van der Waals surface area contributed by atoms with Gasteiger partial charge >= 0.3 is 6.01 Å². The minimum atomic E-state index is -0.474. The smallest absolute Gasteiger partial charge is 0.322 e. The molecule has 0 aliphatic rings. The van der Waals surface area contributed by atoms with Crippen LogP contribution in [0, 0.1) is 0 Å². The fourth-order valence-corrected chi connectivity index (χ4v) is 1.23. The molecule has 1 unspecified atom stereocenters. The number of carbonyl (C=O) groups is 1. The number of rotatable bonds is 5. The second kappa shape index (κ2) is 6.19. The topological polar surface area (TPSA) is 89.0 Å². The van der Waals surface area contributed by atoms with Crippen LogP contribution >= 0.6 is 11.6 Å². The molecule has 0 saturated heterocycles. The molecule has 0 fully saturated rings. The number of hydrogen-bond donors (Lipinski definition) is 2. The number of nitrogens with one attached hydrogen (secondary N) is 2. The van der Waals surface area contributed by atoms with Crippen LogP contribution in [0.1, 0.15) is 13.8 Å². The Balaban J connectivity index is 2.73. The summed E-state index contributed by atoms with van der Waals surface area (Å²) in [5.74, 6) is 0.0450. The Morgan fingerprint density at radius 1 is 1.47 bits per heavy atom. The van der Waals surface area contributed by atoms with Crippen molar-refractivity contribution in [1.82, 2.24) is 20.3 Å². The van der Waals surface area contributed by atoms with E-state index in [1.54, 1.807) is 6.92 Å². The van der Waals surface area contributed by atoms with E-state index in [-0.39, 0.29) is 23.1 Å². The van der Waals surface area contributed by atoms with Crippen LogP contribution in [0.15, 0.2) is 0 Å². The summed E-state index contributed by atoms with van der Waals surface area (Å²) in [6, 6.07) is -0.381. The van der Waals surface area contributed by atoms with Gasteiger partial charge in [-0.1, -0.05) is 0 Å². The van der Waals surface area contributed by atoms with Gasteiger partial charge in [0.1, 0.15) is 6.04 Å². The van der Waals surface area contributed by atoms with Gasteiger partial charge in [-0.25, -0.2) is 0 Å². The molecule has 0 saturated carbocycles. The van der Waals surface area contributed by atoms with Gasteiger partial charge < -0.3 is 15.4 Å². The van der Waals surface area contributed by atoms with Gasteiger partial charge in [0.05, 0.1) is 7.11 Å². The molecular formula is C9H14ClN5O2. The highest BCUT2D eigenvalue weighted by Crippen LogP contribution is 2.11. The lowest BCUT2D eigenvalue weighted by molar-refractivity contribution is -0.121. The van der Waals surface area contributed by atoms with Gasteiger partial charge in [-0.3, -0.25) is 4.79 Å². The van der Waals surface area contributed by atoms with Crippen molar-refractivity contribution < 1.29 is 9.53 Å². The lowest BCUT2D eigenvalue weighted by atomic mass is 10.3. The molecule has 1 aromatic heterocycles. The molecule has 0 spiro atoms. The van der Waals surface area contributed by atoms with Crippen LogP contribution in [0.2, 0.25) is 5.28 Å². The maximum absolute atomic E-state index is 11.5. The van der Waals surface area contributed by atoms with E-state index in [1.165, 1.54) is 7.11 Å². The number of ether oxygens (including phenoxy) is 1. The average molecular weight is 260 g/mol. The van der Waals surface area contributed by atoms with Crippen LogP contribution in [0.3, 0.4) is 0 Å². The number of methoxy groups -OCH3 is 1. The highest BCUT2D eigenvalue weighted by molar-refractivity contribution is 6.28. The van der Waals surface area contributed by atoms with E-state index in [2.05, 4.69) is 25.6 Å². The van der Waals surface area contributed by atoms with Crippen LogP contribution in [-0.2, 0) is 4.79 Å². The van der Waals surface area contributed by atoms with E-state index >= 15 is 0 Å². The van der Waals surface area contributed by atoms with Crippen molar-refractivity contribution in [3.8, 4) is 6.01 Å². The number of anilines is 1. The van der Waals surface area contributed by atoms with Gasteiger partial charge in [0.2, 0.25) is 17.1 Å². The Hall–Kier alpha value is -1.63. The van der Waals surface area contributed by atoms with Crippen molar-refractivity contribution in [2.24, 2.45) is 0 Å². The fraction of sp³-hybridized carbons (Fsp3) is 0.556. The molecular weight excluding hydrogens is 246 g/mol. The molecule has 1 rings (SSSR count). The number of carbonyl (C=O) groups excluding carboxylic acids is 1. The van der Waals surface area contributed by atoms with Crippen molar-refractivity contribution >= 4 is 23.5 Å². The normalized spacial score (nSPS) is 11.8. The monoisotopic (exact) mass is 259 g/mol. The maximum atomic E-state index is 11.5. The standard InChI is InChI=1S/C9H14ClN5O2/c1-4-11-6(16)5(2)12-8-13-7(10)14-9(15-8)17-3/h5H,4H2,1-3H3,(H,11,16)(H,12,13,14,15). The number of aromatic nitrogens is 3. The Morgan fingerprint density at radius 3 is 2.76 bits per heavy atom. The van der Waals surface area contributed by atoms with Crippen LogP contribution in [0.5, 0.6) is 6.01 Å². The Labute approximate surface area is 104 Å². The van der Waals surface area contributed by atoms with Crippen LogP contribution in [0.25, 0.3) is 0 Å². The quantitative estimate of drug-likeness (QED) is 0.799. The first-order chi connectivity index (χ1) is 8.06. The van der Waals surface area contributed by atoms with E-state index in [9.17, 15) is 4.79 Å². The predicted molar refractivity (Wildman–Crippen MR) is 63.2 cm³/mol. The number of halogens is 1. The number of hydrogen-bond acceptors (Lipinski definition) is 6. The first-order valence-electron chi connectivity index (χ1n) is 5.06. The Bertz CT molecular complexity index is 401. The molecule has 1 atom stereocenters. The third kappa shape index (κ3) is 4.03. The van der Waals surface area contributed by atoms with E-state index in [0.29, 0.717) is 6.54 Å². The number of amides is 1. The Morgan fingerprint density at radius 2 is 2.18 bits per heavy atom. The molecule has 1 amide bonds. The summed E-state index contributed by atoms with van der Waals surface area (Å²) in [4.78, 5) is 22.9.